The summed E-state index contributed by atoms with van der Waals surface area (Å²) >= 11 is 0. The lowest BCUT2D eigenvalue weighted by Crippen LogP contribution is -2.67. The molecule has 0 spiro atoms. The Hall–Kier alpha value is -0.836. The van der Waals surface area contributed by atoms with Crippen molar-refractivity contribution >= 4 is 28.5 Å². The molecule has 2 rings (SSSR count). The largest absolute Gasteiger partial charge is 0.416 e. The molecule has 0 bridgehead atoms. The first-order chi connectivity index (χ1) is 14.7. The summed E-state index contributed by atoms with van der Waals surface area (Å²) in [6.07, 6.45) is 1.80. The summed E-state index contributed by atoms with van der Waals surface area (Å²) in [6, 6.07) is 7.63. The van der Waals surface area contributed by atoms with Crippen molar-refractivity contribution in [3.8, 4) is 0 Å². The van der Waals surface area contributed by atoms with Crippen molar-refractivity contribution < 1.29 is 8.85 Å². The monoisotopic (exact) mass is 491 g/mol. The molecule has 0 aromatic heterocycles. The van der Waals surface area contributed by atoms with Crippen LogP contribution in [0.4, 0.5) is 5.69 Å². The highest BCUT2D eigenvalue weighted by atomic mass is 28.4. The van der Waals surface area contributed by atoms with Crippen LogP contribution < -0.4 is 11.5 Å². The minimum atomic E-state index is -2.10. The van der Waals surface area contributed by atoms with Gasteiger partial charge in [-0.2, -0.15) is 0 Å². The quantitative estimate of drug-likeness (QED) is 0.437. The number of rotatable bonds is 7. The van der Waals surface area contributed by atoms with Gasteiger partial charge in [0.1, 0.15) is 0 Å². The third kappa shape index (κ3) is 5.54. The van der Waals surface area contributed by atoms with Crippen molar-refractivity contribution in [2.24, 2.45) is 22.4 Å². The van der Waals surface area contributed by atoms with Gasteiger partial charge in [0.05, 0.1) is 22.9 Å². The first kappa shape index (κ1) is 28.4. The second kappa shape index (κ2) is 8.99. The number of hydrogen-bond acceptors (Lipinski definition) is 5. The molecule has 1 aliphatic heterocycles. The van der Waals surface area contributed by atoms with Gasteiger partial charge in [-0.3, -0.25) is 4.99 Å². The van der Waals surface area contributed by atoms with Crippen molar-refractivity contribution in [3.63, 3.8) is 0 Å². The molecule has 33 heavy (non-hydrogen) atoms. The van der Waals surface area contributed by atoms with Crippen molar-refractivity contribution in [2.75, 3.05) is 6.61 Å². The van der Waals surface area contributed by atoms with Crippen LogP contribution in [-0.4, -0.2) is 41.1 Å². The van der Waals surface area contributed by atoms with Crippen LogP contribution in [0.25, 0.3) is 0 Å². The van der Waals surface area contributed by atoms with E-state index in [1.54, 1.807) is 6.21 Å². The summed E-state index contributed by atoms with van der Waals surface area (Å²) in [5.41, 5.74) is 14.5. The smallest absolute Gasteiger partial charge is 0.192 e. The Morgan fingerprint density at radius 3 is 1.97 bits per heavy atom. The van der Waals surface area contributed by atoms with Crippen LogP contribution in [0.3, 0.4) is 0 Å². The van der Waals surface area contributed by atoms with Crippen molar-refractivity contribution in [1.29, 1.82) is 0 Å². The van der Waals surface area contributed by atoms with E-state index in [1.165, 1.54) is 0 Å². The van der Waals surface area contributed by atoms with Crippen molar-refractivity contribution in [3.05, 3.63) is 29.8 Å². The Balaban J connectivity index is 2.62. The van der Waals surface area contributed by atoms with Crippen molar-refractivity contribution in [1.82, 2.24) is 0 Å². The fourth-order valence-corrected chi connectivity index (χ4v) is 6.92. The SMILES string of the molecule is CC(C)(O[Si](C)(C)C(C)(C)C)[C@@H](CO[Si](C)(C)C(C)(C)C)C1(N)c2ccccc2N=CC1N. The molecule has 1 aliphatic rings. The number of para-hydroxylation sites is 1. The number of benzene rings is 1. The number of aliphatic imine (C=N–C) groups is 1. The van der Waals surface area contributed by atoms with Gasteiger partial charge in [-0.25, -0.2) is 0 Å². The molecule has 4 N–H and O–H groups in total. The van der Waals surface area contributed by atoms with Crippen LogP contribution >= 0.6 is 0 Å². The van der Waals surface area contributed by atoms with E-state index < -0.39 is 33.8 Å². The predicted molar refractivity (Wildman–Crippen MR) is 147 cm³/mol. The highest BCUT2D eigenvalue weighted by molar-refractivity contribution is 6.74. The minimum Gasteiger partial charge on any atom is -0.416 e. The average molecular weight is 492 g/mol. The van der Waals surface area contributed by atoms with Gasteiger partial charge in [-0.1, -0.05) is 59.7 Å². The Bertz CT molecular complexity index is 869. The van der Waals surface area contributed by atoms with Gasteiger partial charge in [0.25, 0.3) is 0 Å². The molecule has 2 unspecified atom stereocenters. The maximum Gasteiger partial charge on any atom is 0.192 e. The zero-order valence-corrected chi connectivity index (χ0v) is 25.2. The number of nitrogens with two attached hydrogens (primary N) is 2. The molecule has 0 aliphatic carbocycles. The van der Waals surface area contributed by atoms with E-state index in [4.69, 9.17) is 20.3 Å². The van der Waals surface area contributed by atoms with E-state index in [0.717, 1.165) is 11.3 Å². The lowest BCUT2D eigenvalue weighted by atomic mass is 9.67. The molecule has 0 amide bonds. The second-order valence-electron chi connectivity index (χ2n) is 13.3. The topological polar surface area (TPSA) is 82.9 Å². The lowest BCUT2D eigenvalue weighted by molar-refractivity contribution is -0.0365. The standard InChI is InChI=1S/C26H49N3O2Si2/c1-23(2,3)32(9,10)30-18-21(25(7,8)31-33(11,12)24(4,5)6)26(28)19-15-13-14-16-20(19)29-17-22(26)27/h13-17,21-22H,18,27-28H2,1-12H3/t21-,22?,26?/m1/s1. The molecule has 0 fully saturated rings. The van der Waals surface area contributed by atoms with E-state index in [1.807, 2.05) is 18.2 Å². The van der Waals surface area contributed by atoms with Gasteiger partial charge in [0, 0.05) is 24.3 Å². The van der Waals surface area contributed by atoms with E-state index in [-0.39, 0.29) is 16.0 Å². The maximum atomic E-state index is 7.37. The Labute approximate surface area is 205 Å². The van der Waals surface area contributed by atoms with E-state index in [2.05, 4.69) is 92.6 Å². The Kier molecular flexibility index (Phi) is 7.74. The first-order valence-corrected chi connectivity index (χ1v) is 18.0. The lowest BCUT2D eigenvalue weighted by Gasteiger charge is -2.53. The normalized spacial score (nSPS) is 23.4. The molecule has 1 aromatic carbocycles. The fraction of sp³-hybridized carbons (Fsp3) is 0.731. The summed E-state index contributed by atoms with van der Waals surface area (Å²) in [6.45, 7) is 27.6. The van der Waals surface area contributed by atoms with Gasteiger partial charge in [0.15, 0.2) is 16.6 Å². The average Bonchev–Trinajstić information content (AvgIpc) is 2.62. The number of fused-ring (bicyclic) bond motifs is 1. The molecule has 7 heteroatoms. The molecule has 0 saturated carbocycles. The molecule has 5 nitrogen and oxygen atoms in total. The fourth-order valence-electron chi connectivity index (χ4n) is 4.14. The molecular formula is C26H49N3O2Si2. The zero-order chi connectivity index (χ0) is 25.7. The van der Waals surface area contributed by atoms with E-state index in [9.17, 15) is 0 Å². The van der Waals surface area contributed by atoms with Gasteiger partial charge in [-0.05, 0) is 56.2 Å². The predicted octanol–water partition coefficient (Wildman–Crippen LogP) is 6.32. The highest BCUT2D eigenvalue weighted by Crippen LogP contribution is 2.48. The molecule has 188 valence electrons. The molecule has 0 saturated heterocycles. The summed E-state index contributed by atoms with van der Waals surface area (Å²) < 4.78 is 13.9. The summed E-state index contributed by atoms with van der Waals surface area (Å²) in [5, 5.41) is 0.169. The van der Waals surface area contributed by atoms with Crippen molar-refractivity contribution in [2.45, 2.75) is 109 Å². The molecule has 1 heterocycles. The molecular weight excluding hydrogens is 442 g/mol. The van der Waals surface area contributed by atoms with Gasteiger partial charge >= 0.3 is 0 Å². The second-order valence-corrected chi connectivity index (χ2v) is 22.9. The third-order valence-corrected chi connectivity index (χ3v) is 17.6. The maximum absolute atomic E-state index is 7.37. The summed E-state index contributed by atoms with van der Waals surface area (Å²) in [7, 11) is -4.13. The Morgan fingerprint density at radius 2 is 1.45 bits per heavy atom. The van der Waals surface area contributed by atoms with Crippen LogP contribution in [0.15, 0.2) is 29.3 Å². The highest BCUT2D eigenvalue weighted by Gasteiger charge is 2.54. The number of hydrogen-bond donors (Lipinski definition) is 2. The summed E-state index contributed by atoms with van der Waals surface area (Å²) in [5.74, 6) is -0.170. The van der Waals surface area contributed by atoms with Crippen LogP contribution in [0, 0.1) is 5.92 Å². The van der Waals surface area contributed by atoms with Crippen LogP contribution in [0.2, 0.25) is 36.3 Å². The Morgan fingerprint density at radius 1 is 0.939 bits per heavy atom. The van der Waals surface area contributed by atoms with E-state index >= 15 is 0 Å². The van der Waals surface area contributed by atoms with Crippen LogP contribution in [-0.2, 0) is 14.4 Å². The number of nitrogens with zero attached hydrogens (tertiary/aromatic N) is 1. The van der Waals surface area contributed by atoms with Gasteiger partial charge < -0.3 is 20.3 Å². The van der Waals surface area contributed by atoms with Gasteiger partial charge in [-0.15, -0.1) is 0 Å². The minimum absolute atomic E-state index is 0.0743. The van der Waals surface area contributed by atoms with E-state index in [0.29, 0.717) is 6.61 Å². The van der Waals surface area contributed by atoms with Crippen LogP contribution in [0.5, 0.6) is 0 Å². The molecule has 1 aromatic rings. The summed E-state index contributed by atoms with van der Waals surface area (Å²) in [4.78, 5) is 4.60. The van der Waals surface area contributed by atoms with Crippen LogP contribution in [0.1, 0.15) is 61.0 Å². The third-order valence-electron chi connectivity index (χ3n) is 8.45. The first-order valence-electron chi connectivity index (χ1n) is 12.2. The molecule has 3 atom stereocenters. The van der Waals surface area contributed by atoms with Gasteiger partial charge in [0.2, 0.25) is 0 Å². The molecule has 0 radical (unpaired) electrons. The zero-order valence-electron chi connectivity index (χ0n) is 23.2.